The number of halogens is 1. The summed E-state index contributed by atoms with van der Waals surface area (Å²) in [6, 6.07) is 0. The van der Waals surface area contributed by atoms with Crippen LogP contribution in [0.1, 0.15) is 52.4 Å². The van der Waals surface area contributed by atoms with Gasteiger partial charge in [0.25, 0.3) is 0 Å². The minimum absolute atomic E-state index is 0.857. The Labute approximate surface area is 98.2 Å². The molecule has 0 aromatic rings. The zero-order chi connectivity index (χ0) is 10.6. The highest BCUT2D eigenvalue weighted by Crippen LogP contribution is 2.03. The van der Waals surface area contributed by atoms with Crippen molar-refractivity contribution in [1.82, 2.24) is 5.32 Å². The van der Waals surface area contributed by atoms with Gasteiger partial charge in [0.05, 0.1) is 0 Å². The van der Waals surface area contributed by atoms with Gasteiger partial charge in [0, 0.05) is 5.33 Å². The van der Waals surface area contributed by atoms with Crippen LogP contribution in [0.25, 0.3) is 0 Å². The average Bonchev–Trinajstić information content (AvgIpc) is 2.15. The van der Waals surface area contributed by atoms with Gasteiger partial charge in [-0.3, -0.25) is 0 Å². The summed E-state index contributed by atoms with van der Waals surface area (Å²) < 4.78 is 0. The molecular weight excluding hydrogens is 238 g/mol. The number of alkyl halides is 1. The van der Waals surface area contributed by atoms with Crippen molar-refractivity contribution in [1.29, 1.82) is 0 Å². The van der Waals surface area contributed by atoms with E-state index in [1.165, 1.54) is 51.6 Å². The number of hydrogen-bond donors (Lipinski definition) is 1. The molecule has 1 N–H and O–H groups in total. The van der Waals surface area contributed by atoms with E-state index in [2.05, 4.69) is 35.1 Å². The maximum atomic E-state index is 3.51. The van der Waals surface area contributed by atoms with Crippen LogP contribution in [0, 0.1) is 5.92 Å². The van der Waals surface area contributed by atoms with E-state index in [1.54, 1.807) is 0 Å². The van der Waals surface area contributed by atoms with Crippen LogP contribution in [0.15, 0.2) is 0 Å². The second-order valence-electron chi connectivity index (χ2n) is 4.39. The van der Waals surface area contributed by atoms with Gasteiger partial charge in [-0.1, -0.05) is 42.6 Å². The van der Waals surface area contributed by atoms with Crippen molar-refractivity contribution in [3.63, 3.8) is 0 Å². The molecule has 0 aromatic carbocycles. The molecule has 0 rings (SSSR count). The van der Waals surface area contributed by atoms with E-state index in [4.69, 9.17) is 0 Å². The first-order chi connectivity index (χ1) is 6.77. The molecule has 2 heteroatoms. The molecule has 0 atom stereocenters. The van der Waals surface area contributed by atoms with Crippen molar-refractivity contribution in [3.05, 3.63) is 0 Å². The van der Waals surface area contributed by atoms with Crippen molar-refractivity contribution in [2.75, 3.05) is 18.4 Å². The van der Waals surface area contributed by atoms with Gasteiger partial charge in [0.2, 0.25) is 0 Å². The average molecular weight is 264 g/mol. The monoisotopic (exact) mass is 263 g/mol. The maximum Gasteiger partial charge on any atom is 0.00313 e. The van der Waals surface area contributed by atoms with Crippen LogP contribution in [0.2, 0.25) is 0 Å². The summed E-state index contributed by atoms with van der Waals surface area (Å²) in [7, 11) is 0. The third-order valence-corrected chi connectivity index (χ3v) is 2.93. The lowest BCUT2D eigenvalue weighted by Crippen LogP contribution is -2.17. The lowest BCUT2D eigenvalue weighted by Gasteiger charge is -2.06. The standard InChI is InChI=1S/C12H26BrN/c1-12(2)8-7-11-14-10-6-4-3-5-9-13/h12,14H,3-11H2,1-2H3. The number of nitrogens with one attached hydrogen (secondary N) is 1. The molecule has 0 amide bonds. The largest absolute Gasteiger partial charge is 0.317 e. The van der Waals surface area contributed by atoms with Gasteiger partial charge in [-0.05, 0) is 44.7 Å². The van der Waals surface area contributed by atoms with Gasteiger partial charge in [0.1, 0.15) is 0 Å². The molecule has 0 unspecified atom stereocenters. The number of rotatable bonds is 10. The SMILES string of the molecule is CC(C)CCCNCCCCCCBr. The van der Waals surface area contributed by atoms with E-state index in [0.717, 1.165) is 11.2 Å². The fourth-order valence-corrected chi connectivity index (χ4v) is 1.85. The highest BCUT2D eigenvalue weighted by molar-refractivity contribution is 9.09. The number of hydrogen-bond acceptors (Lipinski definition) is 1. The predicted octanol–water partition coefficient (Wildman–Crippen LogP) is 3.97. The Morgan fingerprint density at radius 3 is 2.21 bits per heavy atom. The Hall–Kier alpha value is 0.440. The van der Waals surface area contributed by atoms with Crippen molar-refractivity contribution in [3.8, 4) is 0 Å². The van der Waals surface area contributed by atoms with Crippen LogP contribution in [-0.4, -0.2) is 18.4 Å². The van der Waals surface area contributed by atoms with E-state index in [9.17, 15) is 0 Å². The lowest BCUT2D eigenvalue weighted by atomic mass is 10.1. The summed E-state index contributed by atoms with van der Waals surface area (Å²) in [4.78, 5) is 0. The van der Waals surface area contributed by atoms with Crippen LogP contribution in [0.4, 0.5) is 0 Å². The van der Waals surface area contributed by atoms with Gasteiger partial charge in [-0.25, -0.2) is 0 Å². The van der Waals surface area contributed by atoms with Gasteiger partial charge in [-0.2, -0.15) is 0 Å². The molecule has 0 aliphatic rings. The zero-order valence-electron chi connectivity index (χ0n) is 9.82. The lowest BCUT2D eigenvalue weighted by molar-refractivity contribution is 0.518. The first-order valence-electron chi connectivity index (χ1n) is 6.04. The minimum atomic E-state index is 0.857. The number of unbranched alkanes of at least 4 members (excludes halogenated alkanes) is 3. The van der Waals surface area contributed by atoms with Crippen LogP contribution >= 0.6 is 15.9 Å². The van der Waals surface area contributed by atoms with Crippen molar-refractivity contribution < 1.29 is 0 Å². The van der Waals surface area contributed by atoms with Gasteiger partial charge < -0.3 is 5.32 Å². The molecule has 86 valence electrons. The Balaban J connectivity index is 2.85. The van der Waals surface area contributed by atoms with Crippen LogP contribution < -0.4 is 5.32 Å². The fraction of sp³-hybridized carbons (Fsp3) is 1.00. The van der Waals surface area contributed by atoms with Crippen molar-refractivity contribution in [2.24, 2.45) is 5.92 Å². The van der Waals surface area contributed by atoms with Gasteiger partial charge in [-0.15, -0.1) is 0 Å². The first kappa shape index (κ1) is 14.4. The highest BCUT2D eigenvalue weighted by atomic mass is 79.9. The third kappa shape index (κ3) is 12.4. The summed E-state index contributed by atoms with van der Waals surface area (Å²) in [5.41, 5.74) is 0. The summed E-state index contributed by atoms with van der Waals surface area (Å²) in [6.45, 7) is 7.00. The molecule has 0 aromatic heterocycles. The molecule has 0 radical (unpaired) electrons. The Morgan fingerprint density at radius 2 is 1.57 bits per heavy atom. The molecule has 0 heterocycles. The summed E-state index contributed by atoms with van der Waals surface area (Å²) >= 11 is 3.45. The maximum absolute atomic E-state index is 3.51. The van der Waals surface area contributed by atoms with Crippen molar-refractivity contribution in [2.45, 2.75) is 52.4 Å². The van der Waals surface area contributed by atoms with Crippen LogP contribution in [0.5, 0.6) is 0 Å². The van der Waals surface area contributed by atoms with Gasteiger partial charge in [0.15, 0.2) is 0 Å². The smallest absolute Gasteiger partial charge is 0.00313 e. The molecule has 0 aliphatic heterocycles. The second-order valence-corrected chi connectivity index (χ2v) is 5.18. The van der Waals surface area contributed by atoms with Crippen LogP contribution in [-0.2, 0) is 0 Å². The molecule has 0 fully saturated rings. The highest BCUT2D eigenvalue weighted by Gasteiger charge is 1.93. The third-order valence-electron chi connectivity index (χ3n) is 2.37. The summed E-state index contributed by atoms with van der Waals surface area (Å²) in [6.07, 6.45) is 8.11. The zero-order valence-corrected chi connectivity index (χ0v) is 11.4. The predicted molar refractivity (Wildman–Crippen MR) is 69.2 cm³/mol. The molecule has 0 aliphatic carbocycles. The molecule has 0 saturated heterocycles. The first-order valence-corrected chi connectivity index (χ1v) is 7.16. The van der Waals surface area contributed by atoms with Crippen LogP contribution in [0.3, 0.4) is 0 Å². The second kappa shape index (κ2) is 11.5. The van der Waals surface area contributed by atoms with Crippen molar-refractivity contribution >= 4 is 15.9 Å². The molecule has 1 nitrogen and oxygen atoms in total. The normalized spacial score (nSPS) is 11.1. The Kier molecular flexibility index (Phi) is 11.9. The minimum Gasteiger partial charge on any atom is -0.317 e. The quantitative estimate of drug-likeness (QED) is 0.465. The van der Waals surface area contributed by atoms with E-state index in [-0.39, 0.29) is 0 Å². The van der Waals surface area contributed by atoms with E-state index in [1.807, 2.05) is 0 Å². The molecule has 0 bridgehead atoms. The van der Waals surface area contributed by atoms with E-state index >= 15 is 0 Å². The molecule has 0 spiro atoms. The van der Waals surface area contributed by atoms with Gasteiger partial charge >= 0.3 is 0 Å². The van der Waals surface area contributed by atoms with E-state index < -0.39 is 0 Å². The summed E-state index contributed by atoms with van der Waals surface area (Å²) in [5.74, 6) is 0.857. The Bertz CT molecular complexity index is 104. The topological polar surface area (TPSA) is 12.0 Å². The summed E-state index contributed by atoms with van der Waals surface area (Å²) in [5, 5.41) is 4.67. The molecular formula is C12H26BrN. The molecule has 14 heavy (non-hydrogen) atoms. The van der Waals surface area contributed by atoms with E-state index in [0.29, 0.717) is 0 Å². The fourth-order valence-electron chi connectivity index (χ4n) is 1.46. The Morgan fingerprint density at radius 1 is 0.929 bits per heavy atom. The molecule has 0 saturated carbocycles.